The number of likely N-dealkylation sites (tertiary alicyclic amines) is 1. The molecule has 7 rings (SSSR count). The molecule has 4 atom stereocenters. The zero-order valence-electron chi connectivity index (χ0n) is 27.9. The van der Waals surface area contributed by atoms with E-state index >= 15 is 0 Å². The Morgan fingerprint density at radius 2 is 1.79 bits per heavy atom. The number of nitrogens with one attached hydrogen (secondary N) is 3. The molecule has 3 aliphatic rings. The normalized spacial score (nSPS) is 23.7. The van der Waals surface area contributed by atoms with Gasteiger partial charge in [0.15, 0.2) is 11.5 Å². The van der Waals surface area contributed by atoms with Gasteiger partial charge in [-0.15, -0.1) is 10.2 Å². The van der Waals surface area contributed by atoms with Gasteiger partial charge in [-0.1, -0.05) is 45.0 Å². The fourth-order valence-electron chi connectivity index (χ4n) is 6.87. The van der Waals surface area contributed by atoms with Gasteiger partial charge in [0.1, 0.15) is 17.1 Å². The second-order valence-electron chi connectivity index (χ2n) is 14.5. The van der Waals surface area contributed by atoms with Crippen molar-refractivity contribution in [2.75, 3.05) is 23.6 Å². The Morgan fingerprint density at radius 3 is 2.51 bits per heavy atom. The summed E-state index contributed by atoms with van der Waals surface area (Å²) in [6.45, 7) is 9.66. The summed E-state index contributed by atoms with van der Waals surface area (Å²) in [7, 11) is 2.15. The van der Waals surface area contributed by atoms with Crippen LogP contribution in [0, 0.1) is 0 Å². The van der Waals surface area contributed by atoms with Gasteiger partial charge in [-0.25, -0.2) is 9.52 Å². The van der Waals surface area contributed by atoms with Crippen LogP contribution in [0.5, 0.6) is 5.75 Å². The number of anilines is 2. The lowest BCUT2D eigenvalue weighted by Gasteiger charge is -2.32. The molecular weight excluding hydrogens is 611 g/mol. The van der Waals surface area contributed by atoms with E-state index < -0.39 is 11.4 Å². The quantitative estimate of drug-likeness (QED) is 0.175. The molecule has 0 bridgehead atoms. The van der Waals surface area contributed by atoms with Crippen molar-refractivity contribution in [1.29, 1.82) is 0 Å². The molecule has 4 aromatic rings. The van der Waals surface area contributed by atoms with Crippen LogP contribution in [0.1, 0.15) is 101 Å². The number of ether oxygens (including phenoxy) is 1. The highest BCUT2D eigenvalue weighted by Crippen LogP contribution is 2.40. The topological polar surface area (TPSA) is 119 Å². The van der Waals surface area contributed by atoms with E-state index in [4.69, 9.17) is 4.74 Å². The minimum absolute atomic E-state index is 0.145. The van der Waals surface area contributed by atoms with Crippen molar-refractivity contribution in [2.45, 2.75) is 94.6 Å². The lowest BCUT2D eigenvalue weighted by Crippen LogP contribution is -2.37. The number of pyridine rings is 1. The van der Waals surface area contributed by atoms with Crippen molar-refractivity contribution < 1.29 is 14.1 Å². The first kappa shape index (κ1) is 31.8. The molecule has 1 saturated heterocycles. The van der Waals surface area contributed by atoms with Crippen LogP contribution < -0.4 is 20.1 Å². The Kier molecular flexibility index (Phi) is 8.34. The average molecular weight is 656 g/mol. The molecule has 2 fully saturated rings. The van der Waals surface area contributed by atoms with Crippen LogP contribution in [0.4, 0.5) is 16.2 Å². The van der Waals surface area contributed by atoms with Crippen LogP contribution in [0.25, 0.3) is 5.65 Å². The number of aromatic nitrogens is 3. The predicted octanol–water partition coefficient (Wildman–Crippen LogP) is 6.98. The maximum absolute atomic E-state index is 13.4. The Hall–Kier alpha value is -3.80. The van der Waals surface area contributed by atoms with Crippen LogP contribution >= 0.6 is 0 Å². The van der Waals surface area contributed by atoms with E-state index in [1.165, 1.54) is 0 Å². The smallest absolute Gasteiger partial charge is 0.319 e. The van der Waals surface area contributed by atoms with Gasteiger partial charge >= 0.3 is 6.03 Å². The molecular formula is C36H45N7O3S. The molecule has 3 heterocycles. The van der Waals surface area contributed by atoms with E-state index in [1.807, 2.05) is 48.7 Å². The number of fused-ring (bicyclic) bond motifs is 2. The highest BCUT2D eigenvalue weighted by molar-refractivity contribution is 7.93. The molecule has 2 aromatic heterocycles. The summed E-state index contributed by atoms with van der Waals surface area (Å²) in [6.07, 6.45) is 7.47. The first-order valence-corrected chi connectivity index (χ1v) is 17.9. The third kappa shape index (κ3) is 6.53. The Bertz CT molecular complexity index is 1780. The summed E-state index contributed by atoms with van der Waals surface area (Å²) < 4.78 is 24.5. The van der Waals surface area contributed by atoms with Crippen molar-refractivity contribution in [1.82, 2.24) is 24.8 Å². The van der Waals surface area contributed by atoms with Gasteiger partial charge in [0.05, 0.1) is 34.8 Å². The predicted molar refractivity (Wildman–Crippen MR) is 186 cm³/mol. The zero-order valence-corrected chi connectivity index (χ0v) is 28.7. The van der Waals surface area contributed by atoms with Gasteiger partial charge in [0.2, 0.25) is 0 Å². The van der Waals surface area contributed by atoms with Crippen molar-refractivity contribution in [3.8, 4) is 5.75 Å². The largest absolute Gasteiger partial charge is 0.593 e. The van der Waals surface area contributed by atoms with Gasteiger partial charge in [-0.3, -0.25) is 9.30 Å². The van der Waals surface area contributed by atoms with E-state index in [0.717, 1.165) is 84.7 Å². The molecule has 10 nitrogen and oxygen atoms in total. The third-order valence-corrected chi connectivity index (χ3v) is 11.5. The fourth-order valence-corrected chi connectivity index (χ4v) is 7.96. The number of rotatable bonds is 8. The van der Waals surface area contributed by atoms with Crippen LogP contribution in [-0.4, -0.2) is 48.9 Å². The third-order valence-electron chi connectivity index (χ3n) is 9.98. The number of benzene rings is 2. The van der Waals surface area contributed by atoms with E-state index in [-0.39, 0.29) is 34.4 Å². The first-order chi connectivity index (χ1) is 22.5. The minimum atomic E-state index is -1.13. The molecule has 248 valence electrons. The molecule has 2 amide bonds. The number of nitrogens with zero attached hydrogens (tertiary/aromatic N) is 4. The molecule has 2 aromatic carbocycles. The second-order valence-corrected chi connectivity index (χ2v) is 16.0. The summed E-state index contributed by atoms with van der Waals surface area (Å²) >= 11 is -1.13. The summed E-state index contributed by atoms with van der Waals surface area (Å²) in [5, 5.41) is 15.5. The Labute approximate surface area is 280 Å². The van der Waals surface area contributed by atoms with Crippen LogP contribution in [0.3, 0.4) is 0 Å². The maximum Gasteiger partial charge on any atom is 0.319 e. The average Bonchev–Trinajstić information content (AvgIpc) is 3.72. The van der Waals surface area contributed by atoms with Crippen molar-refractivity contribution in [3.05, 3.63) is 83.3 Å². The first-order valence-electron chi connectivity index (χ1n) is 16.7. The van der Waals surface area contributed by atoms with Crippen molar-refractivity contribution >= 4 is 34.4 Å². The molecule has 1 aliphatic heterocycles. The van der Waals surface area contributed by atoms with Crippen LogP contribution in [-0.2, 0) is 22.3 Å². The van der Waals surface area contributed by atoms with Crippen LogP contribution in [0.2, 0.25) is 0 Å². The lowest BCUT2D eigenvalue weighted by atomic mass is 9.85. The lowest BCUT2D eigenvalue weighted by molar-refractivity contribution is 0.170. The summed E-state index contributed by atoms with van der Waals surface area (Å²) in [6, 6.07) is 17.6. The molecule has 11 heteroatoms. The summed E-state index contributed by atoms with van der Waals surface area (Å²) in [4.78, 5) is 15.8. The van der Waals surface area contributed by atoms with Gasteiger partial charge in [0.25, 0.3) is 0 Å². The number of urea groups is 1. The van der Waals surface area contributed by atoms with Gasteiger partial charge in [-0.05, 0) is 98.6 Å². The van der Waals surface area contributed by atoms with E-state index in [0.29, 0.717) is 5.69 Å². The number of hydrogen-bond acceptors (Lipinski definition) is 7. The Morgan fingerprint density at radius 1 is 1.02 bits per heavy atom. The highest BCUT2D eigenvalue weighted by atomic mass is 32.2. The van der Waals surface area contributed by atoms with Gasteiger partial charge < -0.3 is 19.9 Å². The van der Waals surface area contributed by atoms with Gasteiger partial charge in [-0.2, -0.15) is 0 Å². The SMILES string of the molecule is CN1CCC[C@@]1(C)c1nnc2ccc(O[C@@H]3CC[C@H](NC(=O)Nc4cc(N[S+]([O-])C5CC5)cc(C(C)(C)C)c4)c4ccccc43)cn12. The summed E-state index contributed by atoms with van der Waals surface area (Å²) in [5.41, 5.74) is 5.08. The maximum atomic E-state index is 13.4. The summed E-state index contributed by atoms with van der Waals surface area (Å²) in [5.74, 6) is 1.70. The highest BCUT2D eigenvalue weighted by Gasteiger charge is 2.40. The Balaban J connectivity index is 1.07. The van der Waals surface area contributed by atoms with E-state index in [9.17, 15) is 9.35 Å². The molecule has 0 radical (unpaired) electrons. The number of amides is 2. The number of carbonyl (C=O) groups excluding carboxylic acids is 1. The molecule has 2 aliphatic carbocycles. The van der Waals surface area contributed by atoms with Crippen LogP contribution in [0.15, 0.2) is 60.8 Å². The standard InChI is InChI=1S/C36H45N7O3S/c1-35(2,3)23-19-24(21-25(20-23)41-47(45)27-12-13-27)37-34(44)38-30-14-15-31(29-10-7-6-9-28(29)30)46-26-11-16-32-39-40-33(43(32)22-26)36(4)17-8-18-42(36)5/h6-7,9-11,16,19-22,27,30-31,41H,8,12-15,17-18H2,1-5H3,(H2,37,38,44)/t30-,31+,36-,47?/m0/s1. The van der Waals surface area contributed by atoms with E-state index in [2.05, 4.69) is 81.7 Å². The fraction of sp³-hybridized carbons (Fsp3) is 0.472. The minimum Gasteiger partial charge on any atom is -0.593 e. The number of hydrogen-bond donors (Lipinski definition) is 3. The van der Waals surface area contributed by atoms with Crippen molar-refractivity contribution in [3.63, 3.8) is 0 Å². The number of carbonyl (C=O) groups is 1. The molecule has 1 unspecified atom stereocenters. The molecule has 0 spiro atoms. The van der Waals surface area contributed by atoms with E-state index in [1.54, 1.807) is 0 Å². The van der Waals surface area contributed by atoms with Crippen molar-refractivity contribution in [2.24, 2.45) is 0 Å². The molecule has 3 N–H and O–H groups in total. The molecule has 47 heavy (non-hydrogen) atoms. The molecule has 1 saturated carbocycles. The van der Waals surface area contributed by atoms with Gasteiger partial charge in [0, 0.05) is 18.5 Å². The monoisotopic (exact) mass is 655 g/mol. The zero-order chi connectivity index (χ0) is 32.9. The second kappa shape index (κ2) is 12.3.